The smallest absolute Gasteiger partial charge is 0.0154 e. The first-order valence-corrected chi connectivity index (χ1v) is 5.56. The van der Waals surface area contributed by atoms with Crippen LogP contribution in [0.2, 0.25) is 0 Å². The molecular weight excluding hydrogens is 160 g/mol. The van der Waals surface area contributed by atoms with Crippen LogP contribution in [0.3, 0.4) is 0 Å². The third-order valence-electron chi connectivity index (χ3n) is 3.13. The third kappa shape index (κ3) is 4.10. The lowest BCUT2D eigenvalue weighted by molar-refractivity contribution is 0.259. The molecule has 2 heteroatoms. The van der Waals surface area contributed by atoms with E-state index >= 15 is 0 Å². The molecule has 78 valence electrons. The standard InChI is InChI=1S/C11H24N2/c1-13(2)10-6-9-11(12)7-4-3-5-8-11/h3-10,12H2,1-2H3. The van der Waals surface area contributed by atoms with Crippen LogP contribution in [-0.2, 0) is 0 Å². The van der Waals surface area contributed by atoms with Crippen molar-refractivity contribution >= 4 is 0 Å². The highest BCUT2D eigenvalue weighted by atomic mass is 15.0. The average Bonchev–Trinajstić information content (AvgIpc) is 2.04. The molecule has 0 aromatic heterocycles. The van der Waals surface area contributed by atoms with Gasteiger partial charge in [0.25, 0.3) is 0 Å². The van der Waals surface area contributed by atoms with E-state index in [2.05, 4.69) is 19.0 Å². The summed E-state index contributed by atoms with van der Waals surface area (Å²) in [5.74, 6) is 0. The number of hydrogen-bond donors (Lipinski definition) is 1. The summed E-state index contributed by atoms with van der Waals surface area (Å²) in [5, 5.41) is 0. The normalized spacial score (nSPS) is 22.2. The summed E-state index contributed by atoms with van der Waals surface area (Å²) in [5.41, 5.74) is 6.52. The highest BCUT2D eigenvalue weighted by molar-refractivity contribution is 4.86. The van der Waals surface area contributed by atoms with Crippen molar-refractivity contribution in [2.24, 2.45) is 5.73 Å². The molecule has 0 radical (unpaired) electrons. The molecule has 0 bridgehead atoms. The van der Waals surface area contributed by atoms with Gasteiger partial charge in [-0.1, -0.05) is 19.3 Å². The monoisotopic (exact) mass is 184 g/mol. The molecule has 1 aliphatic rings. The van der Waals surface area contributed by atoms with Gasteiger partial charge in [-0.25, -0.2) is 0 Å². The Bertz CT molecular complexity index is 137. The van der Waals surface area contributed by atoms with Crippen molar-refractivity contribution in [3.63, 3.8) is 0 Å². The van der Waals surface area contributed by atoms with E-state index in [0.717, 1.165) is 0 Å². The first kappa shape index (κ1) is 11.0. The zero-order valence-corrected chi connectivity index (χ0v) is 9.18. The second-order valence-corrected chi connectivity index (χ2v) is 4.83. The minimum absolute atomic E-state index is 0.189. The Kier molecular flexibility index (Phi) is 4.20. The van der Waals surface area contributed by atoms with Gasteiger partial charge in [-0.3, -0.25) is 0 Å². The minimum atomic E-state index is 0.189. The zero-order valence-electron chi connectivity index (χ0n) is 9.18. The van der Waals surface area contributed by atoms with Gasteiger partial charge < -0.3 is 10.6 Å². The molecule has 0 aromatic rings. The molecule has 1 rings (SSSR count). The number of rotatable bonds is 4. The quantitative estimate of drug-likeness (QED) is 0.724. The van der Waals surface area contributed by atoms with Gasteiger partial charge >= 0.3 is 0 Å². The highest BCUT2D eigenvalue weighted by Gasteiger charge is 2.26. The van der Waals surface area contributed by atoms with Gasteiger partial charge in [0.1, 0.15) is 0 Å². The lowest BCUT2D eigenvalue weighted by Crippen LogP contribution is -2.42. The molecule has 13 heavy (non-hydrogen) atoms. The van der Waals surface area contributed by atoms with E-state index in [9.17, 15) is 0 Å². The number of hydrogen-bond acceptors (Lipinski definition) is 2. The minimum Gasteiger partial charge on any atom is -0.325 e. The maximum absolute atomic E-state index is 6.33. The number of nitrogens with zero attached hydrogens (tertiary/aromatic N) is 1. The average molecular weight is 184 g/mol. The third-order valence-corrected chi connectivity index (χ3v) is 3.13. The van der Waals surface area contributed by atoms with E-state index in [1.165, 1.54) is 51.5 Å². The SMILES string of the molecule is CN(C)CCCC1(N)CCCCC1. The first-order chi connectivity index (χ1) is 6.12. The summed E-state index contributed by atoms with van der Waals surface area (Å²) in [6.07, 6.45) is 9.05. The Hall–Kier alpha value is -0.0800. The Morgan fingerprint density at radius 1 is 1.15 bits per heavy atom. The lowest BCUT2D eigenvalue weighted by atomic mass is 9.79. The van der Waals surface area contributed by atoms with Gasteiger partial charge in [0.05, 0.1) is 0 Å². The molecule has 0 atom stereocenters. The summed E-state index contributed by atoms with van der Waals surface area (Å²) in [7, 11) is 4.26. The lowest BCUT2D eigenvalue weighted by Gasteiger charge is -2.33. The van der Waals surface area contributed by atoms with Crippen LogP contribution in [0.5, 0.6) is 0 Å². The molecule has 0 unspecified atom stereocenters. The molecule has 1 aliphatic carbocycles. The largest absolute Gasteiger partial charge is 0.325 e. The van der Waals surface area contributed by atoms with Gasteiger partial charge in [-0.05, 0) is 46.3 Å². The van der Waals surface area contributed by atoms with Crippen molar-refractivity contribution < 1.29 is 0 Å². The van der Waals surface area contributed by atoms with Crippen molar-refractivity contribution in [3.05, 3.63) is 0 Å². The fourth-order valence-corrected chi connectivity index (χ4v) is 2.25. The van der Waals surface area contributed by atoms with Crippen molar-refractivity contribution in [1.82, 2.24) is 4.90 Å². The van der Waals surface area contributed by atoms with Gasteiger partial charge in [-0.2, -0.15) is 0 Å². The molecule has 2 nitrogen and oxygen atoms in total. The topological polar surface area (TPSA) is 29.3 Å². The van der Waals surface area contributed by atoms with E-state index in [0.29, 0.717) is 0 Å². The Morgan fingerprint density at radius 2 is 1.77 bits per heavy atom. The van der Waals surface area contributed by atoms with Crippen LogP contribution in [0.1, 0.15) is 44.9 Å². The second kappa shape index (κ2) is 4.97. The van der Waals surface area contributed by atoms with E-state index in [-0.39, 0.29) is 5.54 Å². The zero-order chi connectivity index (χ0) is 9.73. The first-order valence-electron chi connectivity index (χ1n) is 5.56. The Balaban J connectivity index is 2.17. The van der Waals surface area contributed by atoms with Crippen molar-refractivity contribution in [2.75, 3.05) is 20.6 Å². The summed E-state index contributed by atoms with van der Waals surface area (Å²) >= 11 is 0. The van der Waals surface area contributed by atoms with E-state index in [1.54, 1.807) is 0 Å². The summed E-state index contributed by atoms with van der Waals surface area (Å²) < 4.78 is 0. The van der Waals surface area contributed by atoms with Crippen LogP contribution in [0.15, 0.2) is 0 Å². The van der Waals surface area contributed by atoms with Gasteiger partial charge in [-0.15, -0.1) is 0 Å². The van der Waals surface area contributed by atoms with Crippen molar-refractivity contribution in [1.29, 1.82) is 0 Å². The predicted octanol–water partition coefficient (Wildman–Crippen LogP) is 1.99. The van der Waals surface area contributed by atoms with Crippen molar-refractivity contribution in [3.8, 4) is 0 Å². The molecule has 0 heterocycles. The maximum atomic E-state index is 6.33. The van der Waals surface area contributed by atoms with Crippen LogP contribution in [0.4, 0.5) is 0 Å². The molecule has 0 amide bonds. The molecule has 0 aromatic carbocycles. The van der Waals surface area contributed by atoms with Crippen molar-refractivity contribution in [2.45, 2.75) is 50.5 Å². The van der Waals surface area contributed by atoms with Crippen LogP contribution in [0.25, 0.3) is 0 Å². The van der Waals surface area contributed by atoms with Crippen LogP contribution >= 0.6 is 0 Å². The predicted molar refractivity (Wildman–Crippen MR) is 57.8 cm³/mol. The molecule has 0 saturated heterocycles. The van der Waals surface area contributed by atoms with E-state index < -0.39 is 0 Å². The van der Waals surface area contributed by atoms with E-state index in [1.807, 2.05) is 0 Å². The molecular formula is C11H24N2. The highest BCUT2D eigenvalue weighted by Crippen LogP contribution is 2.29. The maximum Gasteiger partial charge on any atom is 0.0154 e. The Morgan fingerprint density at radius 3 is 2.31 bits per heavy atom. The second-order valence-electron chi connectivity index (χ2n) is 4.83. The van der Waals surface area contributed by atoms with Crippen LogP contribution in [-0.4, -0.2) is 31.1 Å². The summed E-state index contributed by atoms with van der Waals surface area (Å²) in [6, 6.07) is 0. The number of nitrogens with two attached hydrogens (primary N) is 1. The fourth-order valence-electron chi connectivity index (χ4n) is 2.25. The van der Waals surface area contributed by atoms with Crippen LogP contribution in [0, 0.1) is 0 Å². The van der Waals surface area contributed by atoms with E-state index in [4.69, 9.17) is 5.73 Å². The molecule has 1 fully saturated rings. The van der Waals surface area contributed by atoms with Gasteiger partial charge in [0, 0.05) is 5.54 Å². The molecule has 0 spiro atoms. The molecule has 0 aliphatic heterocycles. The summed E-state index contributed by atoms with van der Waals surface area (Å²) in [6.45, 7) is 1.18. The fraction of sp³-hybridized carbons (Fsp3) is 1.00. The van der Waals surface area contributed by atoms with Gasteiger partial charge in [0.2, 0.25) is 0 Å². The molecule has 1 saturated carbocycles. The van der Waals surface area contributed by atoms with Crippen LogP contribution < -0.4 is 5.73 Å². The molecule has 2 N–H and O–H groups in total. The van der Waals surface area contributed by atoms with Gasteiger partial charge in [0.15, 0.2) is 0 Å². The Labute approximate surface area is 82.5 Å². The summed E-state index contributed by atoms with van der Waals surface area (Å²) in [4.78, 5) is 2.24.